The number of ether oxygens (including phenoxy) is 1. The van der Waals surface area contributed by atoms with Gasteiger partial charge in [0.2, 0.25) is 0 Å². The van der Waals surface area contributed by atoms with Gasteiger partial charge in [-0.3, -0.25) is 13.9 Å². The highest BCUT2D eigenvalue weighted by Crippen LogP contribution is 2.44. The molecule has 1 N–H and O–H groups in total. The zero-order valence-corrected chi connectivity index (χ0v) is 19.5. The summed E-state index contributed by atoms with van der Waals surface area (Å²) >= 11 is 6.85. The fraction of sp³-hybridized carbons (Fsp3) is 0.706. The molecule has 30 heavy (non-hydrogen) atoms. The Bertz CT molecular complexity index is 848. The first kappa shape index (κ1) is 25.5. The van der Waals surface area contributed by atoms with E-state index in [-0.39, 0.29) is 11.7 Å². The van der Waals surface area contributed by atoms with Crippen molar-refractivity contribution in [3.8, 4) is 0 Å². The van der Waals surface area contributed by atoms with Crippen LogP contribution in [-0.2, 0) is 23.1 Å². The van der Waals surface area contributed by atoms with Crippen LogP contribution in [0.5, 0.6) is 0 Å². The second-order valence-corrected chi connectivity index (χ2v) is 10.4. The molecule has 0 aromatic carbocycles. The van der Waals surface area contributed by atoms with E-state index in [0.29, 0.717) is 11.4 Å². The van der Waals surface area contributed by atoms with Crippen LogP contribution in [0.2, 0.25) is 0 Å². The minimum absolute atomic E-state index is 0.00791. The Kier molecular flexibility index (Phi) is 8.66. The Morgan fingerprint density at radius 3 is 2.77 bits per heavy atom. The molecule has 13 heteroatoms. The van der Waals surface area contributed by atoms with Gasteiger partial charge in [-0.05, 0) is 13.0 Å². The maximum Gasteiger partial charge on any atom is 0.350 e. The number of carbonyl (C=O) groups is 1. The number of hydrogen-bond donors (Lipinski definition) is 1. The molecule has 1 aromatic rings. The van der Waals surface area contributed by atoms with E-state index in [1.807, 2.05) is 0 Å². The highest BCUT2D eigenvalue weighted by molar-refractivity contribution is 8.13. The Labute approximate surface area is 183 Å². The molecule has 0 saturated carbocycles. The summed E-state index contributed by atoms with van der Waals surface area (Å²) in [5, 5.41) is 7.29. The third kappa shape index (κ3) is 6.35. The number of aromatic nitrogens is 2. The van der Waals surface area contributed by atoms with Gasteiger partial charge in [0.15, 0.2) is 11.3 Å². The lowest BCUT2D eigenvalue weighted by molar-refractivity contribution is -0.117. The first-order valence-corrected chi connectivity index (χ1v) is 11.7. The summed E-state index contributed by atoms with van der Waals surface area (Å²) < 4.78 is 42.9. The van der Waals surface area contributed by atoms with Gasteiger partial charge in [-0.1, -0.05) is 44.1 Å². The lowest BCUT2D eigenvalue weighted by Crippen LogP contribution is -2.41. The number of rotatable bonds is 8. The van der Waals surface area contributed by atoms with Crippen molar-refractivity contribution in [1.29, 1.82) is 0 Å². The second-order valence-electron chi connectivity index (χ2n) is 7.70. The molecule has 1 aliphatic rings. The number of aliphatic hydroxyl groups excluding tert-OH is 1. The summed E-state index contributed by atoms with van der Waals surface area (Å²) in [4.78, 5) is 27.5. The SMILES string of the molecule is Cc1ccn([C@@H]2O[C@H](CO[PH](=O)OCCSC(=O)C(C)(C)C)[C@@H](O)[C@]2(F)Cl)c(=O)n1. The van der Waals surface area contributed by atoms with Crippen molar-refractivity contribution in [3.05, 3.63) is 28.4 Å². The molecule has 0 aliphatic carbocycles. The van der Waals surface area contributed by atoms with Gasteiger partial charge in [-0.15, -0.1) is 0 Å². The van der Waals surface area contributed by atoms with Crippen LogP contribution in [-0.4, -0.2) is 56.1 Å². The van der Waals surface area contributed by atoms with Gasteiger partial charge >= 0.3 is 13.9 Å². The van der Waals surface area contributed by atoms with Crippen LogP contribution >= 0.6 is 31.6 Å². The van der Waals surface area contributed by atoms with E-state index >= 15 is 0 Å². The monoisotopic (exact) mass is 486 g/mol. The van der Waals surface area contributed by atoms with Gasteiger partial charge in [0.05, 0.1) is 13.2 Å². The smallest absolute Gasteiger partial charge is 0.350 e. The van der Waals surface area contributed by atoms with Crippen molar-refractivity contribution >= 4 is 36.7 Å². The number of thioether (sulfide) groups is 1. The number of aryl methyl sites for hydroxylation is 1. The number of halogens is 2. The van der Waals surface area contributed by atoms with Gasteiger partial charge < -0.3 is 18.9 Å². The Hall–Kier alpha value is -0.810. The molecule has 0 radical (unpaired) electrons. The molecular formula is C17H25ClFN2O7PS. The lowest BCUT2D eigenvalue weighted by atomic mass is 10.00. The Balaban J connectivity index is 1.86. The molecule has 0 spiro atoms. The van der Waals surface area contributed by atoms with Crippen LogP contribution in [0, 0.1) is 12.3 Å². The number of aliphatic hydroxyl groups is 1. The summed E-state index contributed by atoms with van der Waals surface area (Å²) in [6, 6.07) is 1.46. The predicted molar refractivity (Wildman–Crippen MR) is 111 cm³/mol. The van der Waals surface area contributed by atoms with Crippen molar-refractivity contribution in [2.24, 2.45) is 5.41 Å². The molecular weight excluding hydrogens is 462 g/mol. The van der Waals surface area contributed by atoms with Gasteiger partial charge in [0, 0.05) is 23.1 Å². The van der Waals surface area contributed by atoms with E-state index in [9.17, 15) is 23.7 Å². The molecule has 1 aromatic heterocycles. The highest BCUT2D eigenvalue weighted by Gasteiger charge is 2.57. The van der Waals surface area contributed by atoms with Crippen LogP contribution in [0.4, 0.5) is 4.39 Å². The van der Waals surface area contributed by atoms with E-state index in [1.165, 1.54) is 12.3 Å². The molecule has 170 valence electrons. The second kappa shape index (κ2) is 10.2. The van der Waals surface area contributed by atoms with E-state index in [1.54, 1.807) is 27.7 Å². The molecule has 9 nitrogen and oxygen atoms in total. The van der Waals surface area contributed by atoms with Gasteiger partial charge in [0.25, 0.3) is 5.13 Å². The maximum atomic E-state index is 14.8. The Morgan fingerprint density at radius 2 is 2.17 bits per heavy atom. The lowest BCUT2D eigenvalue weighted by Gasteiger charge is -2.22. The molecule has 2 rings (SSSR count). The van der Waals surface area contributed by atoms with Crippen molar-refractivity contribution in [2.75, 3.05) is 19.0 Å². The van der Waals surface area contributed by atoms with E-state index in [0.717, 1.165) is 16.3 Å². The van der Waals surface area contributed by atoms with Crippen molar-refractivity contribution in [2.45, 2.75) is 51.3 Å². The van der Waals surface area contributed by atoms with Crippen LogP contribution < -0.4 is 5.69 Å². The first-order valence-electron chi connectivity index (χ1n) is 9.08. The molecule has 5 atom stereocenters. The molecule has 1 fully saturated rings. The summed E-state index contributed by atoms with van der Waals surface area (Å²) in [6.07, 6.45) is -3.54. The number of carbonyl (C=O) groups excluding carboxylic acids is 1. The maximum absolute atomic E-state index is 14.8. The van der Waals surface area contributed by atoms with Crippen molar-refractivity contribution in [3.63, 3.8) is 0 Å². The standard InChI is InChI=1S/C17H25ClFN2O7PS/c1-10-5-6-21(15(24)20-10)13-17(18,19)12(22)11(28-13)9-27-29(25)26-7-8-30-14(23)16(2,3)4/h5-6,11-13,22,29H,7-9H2,1-4H3/t11-,12-,13-,17-/m1/s1. The third-order valence-electron chi connectivity index (χ3n) is 4.12. The number of nitrogens with zero attached hydrogens (tertiary/aromatic N) is 2. The van der Waals surface area contributed by atoms with Crippen LogP contribution in [0.3, 0.4) is 0 Å². The molecule has 1 aliphatic heterocycles. The minimum Gasteiger partial charge on any atom is -0.385 e. The largest absolute Gasteiger partial charge is 0.385 e. The van der Waals surface area contributed by atoms with Crippen LogP contribution in [0.1, 0.15) is 32.7 Å². The summed E-state index contributed by atoms with van der Waals surface area (Å²) in [5.74, 6) is 0.291. The zero-order valence-electron chi connectivity index (χ0n) is 17.0. The van der Waals surface area contributed by atoms with E-state index < -0.39 is 49.5 Å². The normalized spacial score (nSPS) is 27.9. The fourth-order valence-corrected chi connectivity index (χ4v) is 4.33. The van der Waals surface area contributed by atoms with Crippen molar-refractivity contribution in [1.82, 2.24) is 9.55 Å². The minimum atomic E-state index is -2.98. The summed E-state index contributed by atoms with van der Waals surface area (Å²) in [6.45, 7) is 6.49. The summed E-state index contributed by atoms with van der Waals surface area (Å²) in [7, 11) is -2.98. The topological polar surface area (TPSA) is 117 Å². The first-order chi connectivity index (χ1) is 13.8. The molecule has 0 bridgehead atoms. The molecule has 2 heterocycles. The van der Waals surface area contributed by atoms with Gasteiger partial charge in [0.1, 0.15) is 12.2 Å². The van der Waals surface area contributed by atoms with Crippen LogP contribution in [0.25, 0.3) is 0 Å². The average Bonchev–Trinajstić information content (AvgIpc) is 2.86. The van der Waals surface area contributed by atoms with Gasteiger partial charge in [-0.25, -0.2) is 9.18 Å². The number of alkyl halides is 2. The molecule has 1 saturated heterocycles. The predicted octanol–water partition coefficient (Wildman–Crippen LogP) is 2.44. The van der Waals surface area contributed by atoms with E-state index in [4.69, 9.17) is 25.4 Å². The van der Waals surface area contributed by atoms with Crippen molar-refractivity contribution < 1.29 is 32.6 Å². The van der Waals surface area contributed by atoms with Crippen LogP contribution in [0.15, 0.2) is 17.1 Å². The zero-order chi connectivity index (χ0) is 22.7. The highest BCUT2D eigenvalue weighted by atomic mass is 35.5. The number of hydrogen-bond acceptors (Lipinski definition) is 9. The van der Waals surface area contributed by atoms with E-state index in [2.05, 4.69) is 4.98 Å². The fourth-order valence-electron chi connectivity index (χ4n) is 2.45. The Morgan fingerprint density at radius 1 is 1.50 bits per heavy atom. The average molecular weight is 487 g/mol. The third-order valence-corrected chi connectivity index (χ3v) is 6.61. The van der Waals surface area contributed by atoms with Gasteiger partial charge in [-0.2, -0.15) is 4.98 Å². The summed E-state index contributed by atoms with van der Waals surface area (Å²) in [5.41, 5.74) is -0.865. The molecule has 1 unspecified atom stereocenters. The quantitative estimate of drug-likeness (QED) is 0.336. The molecule has 0 amide bonds.